The molecular formula is C12H16N2O3. The normalized spacial score (nSPS) is 16.2. The quantitative estimate of drug-likeness (QED) is 0.609. The summed E-state index contributed by atoms with van der Waals surface area (Å²) >= 11 is 0. The fraction of sp³-hybridized carbons (Fsp3) is 0.500. The summed E-state index contributed by atoms with van der Waals surface area (Å²) in [5.74, 6) is 0.341. The molecule has 1 saturated carbocycles. The van der Waals surface area contributed by atoms with Gasteiger partial charge in [-0.2, -0.15) is 0 Å². The molecule has 0 bridgehead atoms. The lowest BCUT2D eigenvalue weighted by atomic mass is 10.1. The van der Waals surface area contributed by atoms with Gasteiger partial charge in [-0.15, -0.1) is 0 Å². The SMILES string of the molecule is CCC(=Cc1ccc([N+](=O)[O-])o1)CNC1CC1. The van der Waals surface area contributed by atoms with Crippen molar-refractivity contribution in [3.05, 3.63) is 33.6 Å². The summed E-state index contributed by atoms with van der Waals surface area (Å²) in [6.07, 6.45) is 5.29. The van der Waals surface area contributed by atoms with E-state index >= 15 is 0 Å². The minimum atomic E-state index is -0.522. The topological polar surface area (TPSA) is 68.3 Å². The minimum Gasteiger partial charge on any atom is -0.401 e. The molecule has 0 aliphatic heterocycles. The Labute approximate surface area is 99.7 Å². The van der Waals surface area contributed by atoms with Gasteiger partial charge in [0.15, 0.2) is 0 Å². The summed E-state index contributed by atoms with van der Waals surface area (Å²) in [5, 5.41) is 13.9. The lowest BCUT2D eigenvalue weighted by molar-refractivity contribution is -0.402. The highest BCUT2D eigenvalue weighted by atomic mass is 16.6. The molecule has 5 heteroatoms. The molecule has 1 aliphatic rings. The summed E-state index contributed by atoms with van der Waals surface area (Å²) in [5.41, 5.74) is 1.20. The van der Waals surface area contributed by atoms with Crippen LogP contribution in [0.3, 0.4) is 0 Å². The predicted molar refractivity (Wildman–Crippen MR) is 64.7 cm³/mol. The van der Waals surface area contributed by atoms with Crippen LogP contribution in [0.15, 0.2) is 22.1 Å². The van der Waals surface area contributed by atoms with Crippen LogP contribution in [0.2, 0.25) is 0 Å². The summed E-state index contributed by atoms with van der Waals surface area (Å²) in [6, 6.07) is 3.68. The number of nitro groups is 1. The summed E-state index contributed by atoms with van der Waals surface area (Å²) in [6.45, 7) is 2.90. The van der Waals surface area contributed by atoms with Crippen LogP contribution in [-0.4, -0.2) is 17.5 Å². The molecule has 1 fully saturated rings. The second kappa shape index (κ2) is 5.14. The Morgan fingerprint density at radius 1 is 1.65 bits per heavy atom. The first-order valence-electron chi connectivity index (χ1n) is 5.86. The maximum absolute atomic E-state index is 10.5. The Bertz CT molecular complexity index is 433. The van der Waals surface area contributed by atoms with Gasteiger partial charge in [0.05, 0.1) is 6.07 Å². The van der Waals surface area contributed by atoms with Gasteiger partial charge in [0.1, 0.15) is 10.7 Å². The zero-order valence-electron chi connectivity index (χ0n) is 9.81. The van der Waals surface area contributed by atoms with Gasteiger partial charge in [0.2, 0.25) is 0 Å². The number of hydrogen-bond acceptors (Lipinski definition) is 4. The van der Waals surface area contributed by atoms with Crippen molar-refractivity contribution in [1.82, 2.24) is 5.32 Å². The molecular weight excluding hydrogens is 220 g/mol. The lowest BCUT2D eigenvalue weighted by Crippen LogP contribution is -2.18. The van der Waals surface area contributed by atoms with Crippen LogP contribution in [0.25, 0.3) is 6.08 Å². The van der Waals surface area contributed by atoms with Crippen molar-refractivity contribution in [2.75, 3.05) is 6.54 Å². The van der Waals surface area contributed by atoms with E-state index in [0.717, 1.165) is 13.0 Å². The minimum absolute atomic E-state index is 0.207. The number of rotatable bonds is 6. The van der Waals surface area contributed by atoms with Crippen LogP contribution in [0.1, 0.15) is 31.9 Å². The lowest BCUT2D eigenvalue weighted by Gasteiger charge is -2.04. The summed E-state index contributed by atoms with van der Waals surface area (Å²) in [7, 11) is 0. The number of nitrogens with one attached hydrogen (secondary N) is 1. The van der Waals surface area contributed by atoms with E-state index in [9.17, 15) is 10.1 Å². The Hall–Kier alpha value is -1.62. The van der Waals surface area contributed by atoms with E-state index in [1.165, 1.54) is 24.5 Å². The molecule has 2 rings (SSSR count). The molecule has 1 heterocycles. The fourth-order valence-corrected chi connectivity index (χ4v) is 1.56. The van der Waals surface area contributed by atoms with Crippen LogP contribution in [0.5, 0.6) is 0 Å². The third kappa shape index (κ3) is 3.42. The third-order valence-corrected chi connectivity index (χ3v) is 2.79. The largest absolute Gasteiger partial charge is 0.433 e. The average Bonchev–Trinajstić information content (AvgIpc) is 3.01. The van der Waals surface area contributed by atoms with Gasteiger partial charge in [0, 0.05) is 12.6 Å². The van der Waals surface area contributed by atoms with E-state index in [-0.39, 0.29) is 5.88 Å². The van der Waals surface area contributed by atoms with Gasteiger partial charge in [0.25, 0.3) is 0 Å². The van der Waals surface area contributed by atoms with Crippen LogP contribution in [0.4, 0.5) is 5.88 Å². The molecule has 0 spiro atoms. The molecule has 0 atom stereocenters. The Balaban J connectivity index is 1.99. The van der Waals surface area contributed by atoms with Crippen molar-refractivity contribution in [1.29, 1.82) is 0 Å². The first-order chi connectivity index (χ1) is 8.19. The predicted octanol–water partition coefficient (Wildman–Crippen LogP) is 2.73. The molecule has 1 N–H and O–H groups in total. The maximum atomic E-state index is 10.5. The smallest absolute Gasteiger partial charge is 0.401 e. The molecule has 0 aromatic carbocycles. The zero-order chi connectivity index (χ0) is 12.3. The second-order valence-electron chi connectivity index (χ2n) is 4.24. The van der Waals surface area contributed by atoms with Crippen molar-refractivity contribution >= 4 is 12.0 Å². The monoisotopic (exact) mass is 236 g/mol. The van der Waals surface area contributed by atoms with Crippen molar-refractivity contribution in [2.45, 2.75) is 32.2 Å². The molecule has 0 unspecified atom stereocenters. The summed E-state index contributed by atoms with van der Waals surface area (Å²) in [4.78, 5) is 9.95. The molecule has 5 nitrogen and oxygen atoms in total. The Morgan fingerprint density at radius 3 is 2.94 bits per heavy atom. The Kier molecular flexibility index (Phi) is 3.58. The van der Waals surface area contributed by atoms with Gasteiger partial charge in [-0.05, 0) is 31.4 Å². The van der Waals surface area contributed by atoms with E-state index < -0.39 is 4.92 Å². The molecule has 1 aromatic heterocycles. The van der Waals surface area contributed by atoms with Gasteiger partial charge in [-0.3, -0.25) is 10.1 Å². The number of nitrogens with zero attached hydrogens (tertiary/aromatic N) is 1. The molecule has 1 aromatic rings. The van der Waals surface area contributed by atoms with E-state index in [0.29, 0.717) is 11.8 Å². The number of hydrogen-bond donors (Lipinski definition) is 1. The standard InChI is InChI=1S/C12H16N2O3/c1-2-9(8-13-10-3-4-10)7-11-5-6-12(17-11)14(15)16/h5-7,10,13H,2-4,8H2,1H3. The number of furan rings is 1. The van der Waals surface area contributed by atoms with Gasteiger partial charge < -0.3 is 9.73 Å². The van der Waals surface area contributed by atoms with Crippen molar-refractivity contribution in [3.8, 4) is 0 Å². The molecule has 0 saturated heterocycles. The van der Waals surface area contributed by atoms with Gasteiger partial charge in [-0.1, -0.05) is 12.5 Å². The van der Waals surface area contributed by atoms with E-state index in [4.69, 9.17) is 4.42 Å². The summed E-state index contributed by atoms with van der Waals surface area (Å²) < 4.78 is 5.10. The van der Waals surface area contributed by atoms with E-state index in [1.54, 1.807) is 6.07 Å². The third-order valence-electron chi connectivity index (χ3n) is 2.79. The van der Waals surface area contributed by atoms with E-state index in [2.05, 4.69) is 12.2 Å². The van der Waals surface area contributed by atoms with Gasteiger partial charge in [-0.25, -0.2) is 0 Å². The first-order valence-corrected chi connectivity index (χ1v) is 5.86. The molecule has 17 heavy (non-hydrogen) atoms. The van der Waals surface area contributed by atoms with Crippen LogP contribution < -0.4 is 5.32 Å². The fourth-order valence-electron chi connectivity index (χ4n) is 1.56. The molecule has 0 amide bonds. The Morgan fingerprint density at radius 2 is 2.41 bits per heavy atom. The van der Waals surface area contributed by atoms with Crippen LogP contribution in [0, 0.1) is 10.1 Å². The van der Waals surface area contributed by atoms with Crippen molar-refractivity contribution in [3.63, 3.8) is 0 Å². The molecule has 92 valence electrons. The average molecular weight is 236 g/mol. The molecule has 1 aliphatic carbocycles. The zero-order valence-corrected chi connectivity index (χ0v) is 9.81. The van der Waals surface area contributed by atoms with Crippen LogP contribution in [-0.2, 0) is 0 Å². The van der Waals surface area contributed by atoms with Crippen LogP contribution >= 0.6 is 0 Å². The highest BCUT2D eigenvalue weighted by molar-refractivity contribution is 5.49. The van der Waals surface area contributed by atoms with Gasteiger partial charge >= 0.3 is 5.88 Å². The maximum Gasteiger partial charge on any atom is 0.433 e. The molecule has 0 radical (unpaired) electrons. The first kappa shape index (κ1) is 11.9. The highest BCUT2D eigenvalue weighted by Gasteiger charge is 2.20. The van der Waals surface area contributed by atoms with E-state index in [1.807, 2.05) is 6.08 Å². The second-order valence-corrected chi connectivity index (χ2v) is 4.24. The highest BCUT2D eigenvalue weighted by Crippen LogP contribution is 2.21. The van der Waals surface area contributed by atoms with Crippen molar-refractivity contribution < 1.29 is 9.34 Å². The van der Waals surface area contributed by atoms with Crippen molar-refractivity contribution in [2.24, 2.45) is 0 Å².